The molecule has 2 rings (SSSR count). The van der Waals surface area contributed by atoms with Gasteiger partial charge in [-0.05, 0) is 61.6 Å². The largest absolute Gasteiger partial charge is 0.352 e. The molecule has 0 aromatic heterocycles. The fraction of sp³-hybridized carbons (Fsp3) is 0.462. The second-order valence-electron chi connectivity index (χ2n) is 9.36. The summed E-state index contributed by atoms with van der Waals surface area (Å²) in [5.41, 5.74) is 2.02. The summed E-state index contributed by atoms with van der Waals surface area (Å²) in [5, 5.41) is 3.65. The van der Waals surface area contributed by atoms with E-state index in [1.807, 2.05) is 39.8 Å². The first-order chi connectivity index (χ1) is 16.7. The fourth-order valence-corrected chi connectivity index (χ4v) is 5.09. The maximum absolute atomic E-state index is 13.7. The lowest BCUT2D eigenvalue weighted by molar-refractivity contribution is -0.140. The minimum atomic E-state index is -3.80. The topological polar surface area (TPSA) is 86.8 Å². The van der Waals surface area contributed by atoms with Crippen LogP contribution in [-0.2, 0) is 26.2 Å². The highest BCUT2D eigenvalue weighted by molar-refractivity contribution is 7.92. The fourth-order valence-electron chi connectivity index (χ4n) is 3.77. The Balaban J connectivity index is 2.47. The second kappa shape index (κ2) is 12.8. The van der Waals surface area contributed by atoms with Gasteiger partial charge in [-0.1, -0.05) is 62.2 Å². The summed E-state index contributed by atoms with van der Waals surface area (Å²) >= 11 is 12.4. The highest BCUT2D eigenvalue weighted by Crippen LogP contribution is 2.26. The molecule has 2 aromatic carbocycles. The zero-order chi connectivity index (χ0) is 27.2. The molecule has 2 amide bonds. The molecule has 0 fully saturated rings. The molecule has 0 aliphatic heterocycles. The molecule has 0 saturated carbocycles. The molecule has 10 heteroatoms. The number of nitrogens with zero attached hydrogens (tertiary/aromatic N) is 2. The lowest BCUT2D eigenvalue weighted by Crippen LogP contribution is -2.53. The van der Waals surface area contributed by atoms with Crippen molar-refractivity contribution in [2.75, 3.05) is 17.1 Å². The minimum Gasteiger partial charge on any atom is -0.352 e. The Morgan fingerprint density at radius 1 is 1.00 bits per heavy atom. The van der Waals surface area contributed by atoms with Crippen LogP contribution in [0.5, 0.6) is 0 Å². The van der Waals surface area contributed by atoms with Crippen molar-refractivity contribution in [2.45, 2.75) is 65.6 Å². The first-order valence-corrected chi connectivity index (χ1v) is 14.5. The van der Waals surface area contributed by atoms with Gasteiger partial charge in [0.2, 0.25) is 21.8 Å². The van der Waals surface area contributed by atoms with Gasteiger partial charge in [-0.2, -0.15) is 0 Å². The Morgan fingerprint density at radius 3 is 2.08 bits per heavy atom. The van der Waals surface area contributed by atoms with Gasteiger partial charge in [0.15, 0.2) is 0 Å². The third kappa shape index (κ3) is 8.11. The number of hydrogen-bond donors (Lipinski definition) is 1. The van der Waals surface area contributed by atoms with Gasteiger partial charge in [-0.25, -0.2) is 8.42 Å². The molecule has 1 atom stereocenters. The van der Waals surface area contributed by atoms with Crippen LogP contribution in [0.25, 0.3) is 0 Å². The van der Waals surface area contributed by atoms with E-state index in [1.54, 1.807) is 37.3 Å². The molecule has 2 aromatic rings. The summed E-state index contributed by atoms with van der Waals surface area (Å²) in [7, 11) is -3.80. The lowest BCUT2D eigenvalue weighted by Gasteiger charge is -2.33. The Labute approximate surface area is 224 Å². The molecule has 0 unspecified atom stereocenters. The van der Waals surface area contributed by atoms with E-state index < -0.39 is 28.5 Å². The van der Waals surface area contributed by atoms with E-state index in [-0.39, 0.29) is 24.4 Å². The molecule has 0 spiro atoms. The van der Waals surface area contributed by atoms with Crippen molar-refractivity contribution in [3.63, 3.8) is 0 Å². The number of nitrogens with one attached hydrogen (secondary N) is 1. The molecule has 7 nitrogen and oxygen atoms in total. The number of carbonyl (C=O) groups is 2. The van der Waals surface area contributed by atoms with Crippen LogP contribution in [0.3, 0.4) is 0 Å². The molecule has 0 saturated heterocycles. The van der Waals surface area contributed by atoms with Crippen LogP contribution in [-0.4, -0.2) is 50.0 Å². The Hall–Kier alpha value is -2.29. The second-order valence-corrected chi connectivity index (χ2v) is 12.1. The Kier molecular flexibility index (Phi) is 10.6. The van der Waals surface area contributed by atoms with Crippen molar-refractivity contribution >= 4 is 50.7 Å². The number of rotatable bonds is 11. The van der Waals surface area contributed by atoms with E-state index in [1.165, 1.54) is 4.90 Å². The van der Waals surface area contributed by atoms with Gasteiger partial charge in [0.05, 0.1) is 11.9 Å². The predicted molar refractivity (Wildman–Crippen MR) is 147 cm³/mol. The van der Waals surface area contributed by atoms with Crippen LogP contribution in [0.2, 0.25) is 10.0 Å². The Bertz CT molecular complexity index is 1170. The number of benzene rings is 2. The average molecular weight is 557 g/mol. The number of sulfonamides is 1. The smallest absolute Gasteiger partial charge is 0.244 e. The summed E-state index contributed by atoms with van der Waals surface area (Å²) < 4.78 is 26.5. The maximum atomic E-state index is 13.7. The summed E-state index contributed by atoms with van der Waals surface area (Å²) in [6.07, 6.45) is 1.39. The summed E-state index contributed by atoms with van der Waals surface area (Å²) in [4.78, 5) is 28.1. The van der Waals surface area contributed by atoms with Gasteiger partial charge in [0, 0.05) is 22.6 Å². The van der Waals surface area contributed by atoms with Crippen LogP contribution >= 0.6 is 23.2 Å². The van der Waals surface area contributed by atoms with E-state index in [2.05, 4.69) is 5.32 Å². The molecule has 0 aliphatic carbocycles. The van der Waals surface area contributed by atoms with Crippen LogP contribution in [0.1, 0.15) is 58.1 Å². The molecule has 0 heterocycles. The van der Waals surface area contributed by atoms with Gasteiger partial charge in [0.1, 0.15) is 12.6 Å². The van der Waals surface area contributed by atoms with Gasteiger partial charge in [-0.15, -0.1) is 0 Å². The Morgan fingerprint density at radius 2 is 1.61 bits per heavy atom. The molecule has 0 bridgehead atoms. The number of anilines is 1. The standard InChI is InChI=1S/C26H35Cl2N3O4S/c1-7-24(26(33)29-18(4)5)30(15-20-8-11-21(27)14-23(20)28)25(32)16-31(36(6,34)35)22-12-9-19(10-13-22)17(2)3/h8-14,17-18,24H,7,15-16H2,1-6H3,(H,29,33)/t24-/m1/s1. The van der Waals surface area contributed by atoms with Crippen molar-refractivity contribution in [1.29, 1.82) is 0 Å². The third-order valence-electron chi connectivity index (χ3n) is 5.70. The van der Waals surface area contributed by atoms with E-state index in [9.17, 15) is 18.0 Å². The normalized spacial score (nSPS) is 12.5. The van der Waals surface area contributed by atoms with Crippen LogP contribution < -0.4 is 9.62 Å². The third-order valence-corrected chi connectivity index (χ3v) is 7.43. The zero-order valence-electron chi connectivity index (χ0n) is 21.6. The van der Waals surface area contributed by atoms with Gasteiger partial charge >= 0.3 is 0 Å². The SMILES string of the molecule is CC[C@H](C(=O)NC(C)C)N(Cc1ccc(Cl)cc1Cl)C(=O)CN(c1ccc(C(C)C)cc1)S(C)(=O)=O. The van der Waals surface area contributed by atoms with Gasteiger partial charge in [0.25, 0.3) is 0 Å². The first-order valence-electron chi connectivity index (χ1n) is 11.9. The number of carbonyl (C=O) groups excluding carboxylic acids is 2. The number of hydrogen-bond acceptors (Lipinski definition) is 4. The van der Waals surface area contributed by atoms with Crippen molar-refractivity contribution < 1.29 is 18.0 Å². The number of amides is 2. The van der Waals surface area contributed by atoms with E-state index in [4.69, 9.17) is 23.2 Å². The molecule has 1 N–H and O–H groups in total. The van der Waals surface area contributed by atoms with Crippen LogP contribution in [0, 0.1) is 0 Å². The summed E-state index contributed by atoms with van der Waals surface area (Å²) in [6, 6.07) is 11.0. The van der Waals surface area contributed by atoms with Gasteiger partial charge < -0.3 is 10.2 Å². The summed E-state index contributed by atoms with van der Waals surface area (Å²) in [6.45, 7) is 9.10. The number of halogens is 2. The van der Waals surface area contributed by atoms with Crippen molar-refractivity contribution in [3.8, 4) is 0 Å². The highest BCUT2D eigenvalue weighted by Gasteiger charge is 2.32. The predicted octanol–water partition coefficient (Wildman–Crippen LogP) is 5.21. The van der Waals surface area contributed by atoms with Crippen LogP contribution in [0.15, 0.2) is 42.5 Å². The average Bonchev–Trinajstić information content (AvgIpc) is 2.77. The highest BCUT2D eigenvalue weighted by atomic mass is 35.5. The monoisotopic (exact) mass is 555 g/mol. The lowest BCUT2D eigenvalue weighted by atomic mass is 10.0. The molecule has 198 valence electrons. The molecule has 36 heavy (non-hydrogen) atoms. The summed E-state index contributed by atoms with van der Waals surface area (Å²) in [5.74, 6) is -0.569. The maximum Gasteiger partial charge on any atom is 0.244 e. The van der Waals surface area contributed by atoms with Crippen molar-refractivity contribution in [2.24, 2.45) is 0 Å². The first kappa shape index (κ1) is 29.9. The molecule has 0 radical (unpaired) electrons. The zero-order valence-corrected chi connectivity index (χ0v) is 23.9. The molecule has 0 aliphatic rings. The van der Waals surface area contributed by atoms with Gasteiger partial charge in [-0.3, -0.25) is 13.9 Å². The van der Waals surface area contributed by atoms with Crippen molar-refractivity contribution in [3.05, 3.63) is 63.6 Å². The van der Waals surface area contributed by atoms with Crippen LogP contribution in [0.4, 0.5) is 5.69 Å². The molecular formula is C26H35Cl2N3O4S. The van der Waals surface area contributed by atoms with Crippen molar-refractivity contribution in [1.82, 2.24) is 10.2 Å². The molecular weight excluding hydrogens is 521 g/mol. The van der Waals surface area contributed by atoms with E-state index >= 15 is 0 Å². The van der Waals surface area contributed by atoms with E-state index in [0.717, 1.165) is 16.1 Å². The van der Waals surface area contributed by atoms with E-state index in [0.29, 0.717) is 27.7 Å². The minimum absolute atomic E-state index is 0.0166. The quantitative estimate of drug-likeness (QED) is 0.412.